The van der Waals surface area contributed by atoms with Crippen LogP contribution in [0.25, 0.3) is 0 Å². The molecule has 0 amide bonds. The second-order valence-corrected chi connectivity index (χ2v) is 5.20. The number of likely N-dealkylation sites (N-methyl/N-ethyl adjacent to an activating group) is 1. The number of unbranched alkanes of at least 4 members (excludes halogenated alkanes) is 2. The molecule has 1 aromatic carbocycles. The fourth-order valence-corrected chi connectivity index (χ4v) is 2.80. The van der Waals surface area contributed by atoms with Crippen LogP contribution in [0.3, 0.4) is 0 Å². The van der Waals surface area contributed by atoms with Crippen molar-refractivity contribution in [3.05, 3.63) is 29.3 Å². The van der Waals surface area contributed by atoms with E-state index in [0.717, 1.165) is 12.1 Å². The molecule has 1 heterocycles. The molecule has 0 bridgehead atoms. The standard InChI is InChI=1S/C15H24N2/c1-3-4-5-6-15-14-11-13(16)8-7-12(14)9-10-17(15)2/h7-8,11,15H,3-6,9-10,16H2,1-2H3. The molecule has 2 N–H and O–H groups in total. The topological polar surface area (TPSA) is 29.3 Å². The molecule has 94 valence electrons. The summed E-state index contributed by atoms with van der Waals surface area (Å²) in [6.07, 6.45) is 6.37. The quantitative estimate of drug-likeness (QED) is 0.637. The summed E-state index contributed by atoms with van der Waals surface area (Å²) in [5.74, 6) is 0. The number of nitrogens with two attached hydrogens (primary N) is 1. The third kappa shape index (κ3) is 2.81. The van der Waals surface area contributed by atoms with Gasteiger partial charge in [-0.1, -0.05) is 32.3 Å². The summed E-state index contributed by atoms with van der Waals surface area (Å²) in [7, 11) is 2.24. The van der Waals surface area contributed by atoms with Gasteiger partial charge in [0.2, 0.25) is 0 Å². The van der Waals surface area contributed by atoms with Crippen molar-refractivity contribution in [1.82, 2.24) is 4.90 Å². The lowest BCUT2D eigenvalue weighted by atomic mass is 9.89. The van der Waals surface area contributed by atoms with Crippen LogP contribution in [0.2, 0.25) is 0 Å². The third-order valence-electron chi connectivity index (χ3n) is 3.88. The van der Waals surface area contributed by atoms with Crippen LogP contribution in [0, 0.1) is 0 Å². The highest BCUT2D eigenvalue weighted by atomic mass is 15.1. The zero-order chi connectivity index (χ0) is 12.3. The highest BCUT2D eigenvalue weighted by molar-refractivity contribution is 5.47. The summed E-state index contributed by atoms with van der Waals surface area (Å²) in [6.45, 7) is 3.43. The zero-order valence-electron chi connectivity index (χ0n) is 11.1. The van der Waals surface area contributed by atoms with Gasteiger partial charge in [-0.25, -0.2) is 0 Å². The molecule has 0 saturated carbocycles. The first kappa shape index (κ1) is 12.4. The van der Waals surface area contributed by atoms with Crippen molar-refractivity contribution in [2.75, 3.05) is 19.3 Å². The second kappa shape index (κ2) is 5.54. The van der Waals surface area contributed by atoms with Crippen LogP contribution in [0.1, 0.15) is 49.8 Å². The molecular formula is C15H24N2. The molecule has 1 aromatic rings. The molecule has 2 nitrogen and oxygen atoms in total. The Kier molecular flexibility index (Phi) is 4.06. The molecule has 0 aromatic heterocycles. The largest absolute Gasteiger partial charge is 0.399 e. The molecule has 2 rings (SSSR count). The van der Waals surface area contributed by atoms with Gasteiger partial charge in [-0.05, 0) is 43.1 Å². The Morgan fingerprint density at radius 1 is 1.35 bits per heavy atom. The Hall–Kier alpha value is -1.02. The molecular weight excluding hydrogens is 208 g/mol. The van der Waals surface area contributed by atoms with E-state index >= 15 is 0 Å². The van der Waals surface area contributed by atoms with E-state index in [9.17, 15) is 0 Å². The average molecular weight is 232 g/mol. The number of rotatable bonds is 4. The number of anilines is 1. The Labute approximate surface area is 105 Å². The van der Waals surface area contributed by atoms with E-state index in [4.69, 9.17) is 5.73 Å². The van der Waals surface area contributed by atoms with Gasteiger partial charge in [0.25, 0.3) is 0 Å². The minimum Gasteiger partial charge on any atom is -0.399 e. The third-order valence-corrected chi connectivity index (χ3v) is 3.88. The van der Waals surface area contributed by atoms with E-state index < -0.39 is 0 Å². The van der Waals surface area contributed by atoms with Gasteiger partial charge >= 0.3 is 0 Å². The Morgan fingerprint density at radius 2 is 2.18 bits per heavy atom. The van der Waals surface area contributed by atoms with Gasteiger partial charge in [0.1, 0.15) is 0 Å². The van der Waals surface area contributed by atoms with Crippen molar-refractivity contribution in [2.45, 2.75) is 45.1 Å². The van der Waals surface area contributed by atoms with E-state index in [1.54, 1.807) is 0 Å². The van der Waals surface area contributed by atoms with Gasteiger partial charge in [0, 0.05) is 18.3 Å². The first-order chi connectivity index (χ1) is 8.22. The molecule has 1 aliphatic rings. The highest BCUT2D eigenvalue weighted by Crippen LogP contribution is 2.33. The first-order valence-corrected chi connectivity index (χ1v) is 6.81. The SMILES string of the molecule is CCCCCC1c2cc(N)ccc2CCN1C. The molecule has 0 spiro atoms. The van der Waals surface area contributed by atoms with Crippen molar-refractivity contribution in [1.29, 1.82) is 0 Å². The molecule has 17 heavy (non-hydrogen) atoms. The summed E-state index contributed by atoms with van der Waals surface area (Å²) < 4.78 is 0. The smallest absolute Gasteiger partial charge is 0.0348 e. The number of nitrogens with zero attached hydrogens (tertiary/aromatic N) is 1. The minimum atomic E-state index is 0.578. The molecule has 0 radical (unpaired) electrons. The molecule has 1 atom stereocenters. The van der Waals surface area contributed by atoms with Crippen molar-refractivity contribution in [2.24, 2.45) is 0 Å². The van der Waals surface area contributed by atoms with Gasteiger partial charge in [0.05, 0.1) is 0 Å². The molecule has 0 saturated heterocycles. The van der Waals surface area contributed by atoms with Crippen LogP contribution in [0.15, 0.2) is 18.2 Å². The fraction of sp³-hybridized carbons (Fsp3) is 0.600. The van der Waals surface area contributed by atoms with Gasteiger partial charge in [-0.15, -0.1) is 0 Å². The summed E-state index contributed by atoms with van der Waals surface area (Å²) in [5.41, 5.74) is 9.79. The van der Waals surface area contributed by atoms with E-state index in [-0.39, 0.29) is 0 Å². The van der Waals surface area contributed by atoms with Crippen LogP contribution in [0.4, 0.5) is 5.69 Å². The Balaban J connectivity index is 2.17. The summed E-state index contributed by atoms with van der Waals surface area (Å²) in [6, 6.07) is 7.01. The first-order valence-electron chi connectivity index (χ1n) is 6.81. The van der Waals surface area contributed by atoms with E-state index in [2.05, 4.69) is 31.0 Å². The number of hydrogen-bond acceptors (Lipinski definition) is 2. The predicted molar refractivity (Wildman–Crippen MR) is 74.1 cm³/mol. The molecule has 0 aliphatic carbocycles. The second-order valence-electron chi connectivity index (χ2n) is 5.20. The average Bonchev–Trinajstić information content (AvgIpc) is 2.32. The number of benzene rings is 1. The maximum Gasteiger partial charge on any atom is 0.0348 e. The molecule has 2 heteroatoms. The van der Waals surface area contributed by atoms with Crippen molar-refractivity contribution >= 4 is 5.69 Å². The number of fused-ring (bicyclic) bond motifs is 1. The fourth-order valence-electron chi connectivity index (χ4n) is 2.80. The Bertz CT molecular complexity index is 373. The van der Waals surface area contributed by atoms with Gasteiger partial charge < -0.3 is 5.73 Å². The zero-order valence-corrected chi connectivity index (χ0v) is 11.1. The number of nitrogen functional groups attached to an aromatic ring is 1. The van der Waals surface area contributed by atoms with E-state index in [1.165, 1.54) is 43.4 Å². The molecule has 0 fully saturated rings. The van der Waals surface area contributed by atoms with Crippen LogP contribution < -0.4 is 5.73 Å². The van der Waals surface area contributed by atoms with Crippen molar-refractivity contribution in [3.8, 4) is 0 Å². The lowest BCUT2D eigenvalue weighted by Gasteiger charge is -2.35. The maximum absolute atomic E-state index is 5.93. The van der Waals surface area contributed by atoms with Crippen molar-refractivity contribution in [3.63, 3.8) is 0 Å². The molecule has 1 unspecified atom stereocenters. The van der Waals surface area contributed by atoms with Gasteiger partial charge in [-0.3, -0.25) is 4.90 Å². The van der Waals surface area contributed by atoms with E-state index in [0.29, 0.717) is 6.04 Å². The Morgan fingerprint density at radius 3 is 2.94 bits per heavy atom. The van der Waals surface area contributed by atoms with Crippen LogP contribution in [0.5, 0.6) is 0 Å². The van der Waals surface area contributed by atoms with Crippen LogP contribution in [-0.2, 0) is 6.42 Å². The van der Waals surface area contributed by atoms with Crippen LogP contribution >= 0.6 is 0 Å². The van der Waals surface area contributed by atoms with Crippen LogP contribution in [-0.4, -0.2) is 18.5 Å². The summed E-state index contributed by atoms with van der Waals surface area (Å²) in [5, 5.41) is 0. The van der Waals surface area contributed by atoms with Crippen molar-refractivity contribution < 1.29 is 0 Å². The highest BCUT2D eigenvalue weighted by Gasteiger charge is 2.24. The van der Waals surface area contributed by atoms with E-state index in [1.807, 2.05) is 6.07 Å². The summed E-state index contributed by atoms with van der Waals surface area (Å²) >= 11 is 0. The maximum atomic E-state index is 5.93. The van der Waals surface area contributed by atoms with Gasteiger partial charge in [0.15, 0.2) is 0 Å². The monoisotopic (exact) mass is 232 g/mol. The normalized spacial score (nSPS) is 20.2. The molecule has 1 aliphatic heterocycles. The lowest BCUT2D eigenvalue weighted by molar-refractivity contribution is 0.215. The number of hydrogen-bond donors (Lipinski definition) is 1. The predicted octanol–water partition coefficient (Wildman–Crippen LogP) is 3.38. The summed E-state index contributed by atoms with van der Waals surface area (Å²) in [4.78, 5) is 2.48. The lowest BCUT2D eigenvalue weighted by Crippen LogP contribution is -2.32. The minimum absolute atomic E-state index is 0.578. The van der Waals surface area contributed by atoms with Gasteiger partial charge in [-0.2, -0.15) is 0 Å².